The molecule has 1 atom stereocenters. The number of amides is 2. The highest BCUT2D eigenvalue weighted by Crippen LogP contribution is 2.26. The van der Waals surface area contributed by atoms with Crippen molar-refractivity contribution in [1.29, 1.82) is 0 Å². The Bertz CT molecular complexity index is 825. The van der Waals surface area contributed by atoms with Gasteiger partial charge in [-0.3, -0.25) is 9.59 Å². The first-order valence-corrected chi connectivity index (χ1v) is 9.78. The van der Waals surface area contributed by atoms with E-state index in [9.17, 15) is 9.59 Å². The molecule has 0 saturated carbocycles. The van der Waals surface area contributed by atoms with Crippen LogP contribution < -0.4 is 20.8 Å². The Labute approximate surface area is 172 Å². The average molecular weight is 401 g/mol. The van der Waals surface area contributed by atoms with Crippen LogP contribution in [-0.2, 0) is 11.2 Å². The largest absolute Gasteiger partial charge is 0.489 e. The molecule has 2 N–H and O–H groups in total. The number of hydrogen-bond donors (Lipinski definition) is 2. The second kappa shape index (κ2) is 10.2. The number of nitrogens with one attached hydrogen (secondary N) is 2. The van der Waals surface area contributed by atoms with Gasteiger partial charge < -0.3 is 15.4 Å². The van der Waals surface area contributed by atoms with Gasteiger partial charge in [0.25, 0.3) is 5.91 Å². The number of ether oxygens (including phenoxy) is 1. The van der Waals surface area contributed by atoms with Crippen LogP contribution in [0.5, 0.6) is 5.75 Å². The molecular formula is C21H26BClN2O3. The number of hydrogen-bond acceptors (Lipinski definition) is 3. The van der Waals surface area contributed by atoms with Crippen molar-refractivity contribution in [3.63, 3.8) is 0 Å². The number of rotatable bonds is 8. The molecule has 0 fully saturated rings. The molecule has 0 aliphatic heterocycles. The summed E-state index contributed by atoms with van der Waals surface area (Å²) in [5.41, 5.74) is 2.57. The molecule has 2 amide bonds. The third kappa shape index (κ3) is 6.03. The summed E-state index contributed by atoms with van der Waals surface area (Å²) in [5, 5.41) is 5.76. The minimum Gasteiger partial charge on any atom is -0.489 e. The van der Waals surface area contributed by atoms with E-state index < -0.39 is 6.04 Å². The Morgan fingerprint density at radius 1 is 1.14 bits per heavy atom. The fraction of sp³-hybridized carbons (Fsp3) is 0.333. The number of halogens is 1. The maximum absolute atomic E-state index is 12.7. The minimum atomic E-state index is -0.685. The predicted octanol–water partition coefficient (Wildman–Crippen LogP) is 2.32. The van der Waals surface area contributed by atoms with E-state index in [2.05, 4.69) is 17.5 Å². The lowest BCUT2D eigenvalue weighted by Crippen LogP contribution is -2.47. The van der Waals surface area contributed by atoms with Crippen LogP contribution in [0.4, 0.5) is 0 Å². The van der Waals surface area contributed by atoms with Gasteiger partial charge >= 0.3 is 0 Å². The Hall–Kier alpha value is -2.47. The van der Waals surface area contributed by atoms with Crippen LogP contribution in [0.1, 0.15) is 29.8 Å². The predicted molar refractivity (Wildman–Crippen MR) is 115 cm³/mol. The van der Waals surface area contributed by atoms with Crippen LogP contribution in [-0.4, -0.2) is 38.3 Å². The van der Waals surface area contributed by atoms with Crippen molar-refractivity contribution in [1.82, 2.24) is 10.6 Å². The zero-order valence-electron chi connectivity index (χ0n) is 16.7. The summed E-state index contributed by atoms with van der Waals surface area (Å²) in [7, 11) is 2.50. The first kappa shape index (κ1) is 21.8. The second-order valence-electron chi connectivity index (χ2n) is 6.83. The molecule has 2 aromatic rings. The molecule has 0 aliphatic rings. The lowest BCUT2D eigenvalue weighted by atomic mass is 9.73. The van der Waals surface area contributed by atoms with Gasteiger partial charge in [0.1, 0.15) is 11.8 Å². The van der Waals surface area contributed by atoms with E-state index in [1.54, 1.807) is 25.2 Å². The van der Waals surface area contributed by atoms with Gasteiger partial charge in [-0.05, 0) is 37.6 Å². The zero-order valence-corrected chi connectivity index (χ0v) is 17.5. The van der Waals surface area contributed by atoms with Crippen LogP contribution >= 0.6 is 11.6 Å². The molecule has 0 radical (unpaired) electrons. The highest BCUT2D eigenvalue weighted by atomic mass is 35.5. The van der Waals surface area contributed by atoms with E-state index in [4.69, 9.17) is 16.3 Å². The Balaban J connectivity index is 2.13. The molecule has 0 saturated heterocycles. The van der Waals surface area contributed by atoms with Crippen LogP contribution in [0, 0.1) is 0 Å². The molecule has 148 valence electrons. The monoisotopic (exact) mass is 400 g/mol. The lowest BCUT2D eigenvalue weighted by molar-refractivity contribution is -0.122. The molecule has 5 nitrogen and oxygen atoms in total. The second-order valence-corrected chi connectivity index (χ2v) is 7.23. The van der Waals surface area contributed by atoms with Gasteiger partial charge in [-0.25, -0.2) is 0 Å². The summed E-state index contributed by atoms with van der Waals surface area (Å²) in [5.74, 6) is -0.0948. The van der Waals surface area contributed by atoms with Crippen molar-refractivity contribution in [3.05, 3.63) is 58.6 Å². The van der Waals surface area contributed by atoms with E-state index >= 15 is 0 Å². The van der Waals surface area contributed by atoms with Gasteiger partial charge in [0.05, 0.1) is 11.1 Å². The van der Waals surface area contributed by atoms with E-state index in [0.717, 1.165) is 12.8 Å². The van der Waals surface area contributed by atoms with Gasteiger partial charge in [0, 0.05) is 19.0 Å². The quantitative estimate of drug-likeness (QED) is 0.668. The van der Waals surface area contributed by atoms with Crippen LogP contribution in [0.2, 0.25) is 11.8 Å². The minimum absolute atomic E-state index is 0.0195. The zero-order chi connectivity index (χ0) is 20.7. The number of carbonyl (C=O) groups is 2. The smallest absolute Gasteiger partial charge is 0.251 e. The number of carbonyl (C=O) groups excluding carboxylic acids is 2. The van der Waals surface area contributed by atoms with E-state index in [1.807, 2.05) is 38.1 Å². The Morgan fingerprint density at radius 3 is 2.36 bits per heavy atom. The van der Waals surface area contributed by atoms with Crippen molar-refractivity contribution < 1.29 is 14.3 Å². The van der Waals surface area contributed by atoms with E-state index in [-0.39, 0.29) is 17.9 Å². The highest BCUT2D eigenvalue weighted by molar-refractivity contribution is 6.51. The molecule has 0 heterocycles. The third-order valence-corrected chi connectivity index (χ3v) is 4.59. The van der Waals surface area contributed by atoms with Crippen molar-refractivity contribution in [2.24, 2.45) is 0 Å². The SMILES string of the molecule is CBc1ccc(CC(NC(=O)c2ccc(OC(C)C)c(Cl)c2)C(=O)NC)cc1. The Kier molecular flexibility index (Phi) is 7.94. The summed E-state index contributed by atoms with van der Waals surface area (Å²) in [4.78, 5) is 24.9. The molecule has 28 heavy (non-hydrogen) atoms. The standard InChI is InChI=1S/C21H26BClN2O3/c1-13(2)28-19-10-7-15(12-17(19)23)20(26)25-18(21(27)24-4)11-14-5-8-16(22-3)9-6-14/h5-10,12-13,18,22H,11H2,1-4H3,(H,24,27)(H,25,26). The first-order valence-electron chi connectivity index (χ1n) is 9.40. The molecule has 7 heteroatoms. The van der Waals surface area contributed by atoms with Crippen molar-refractivity contribution >= 4 is 36.2 Å². The molecule has 0 spiro atoms. The summed E-state index contributed by atoms with van der Waals surface area (Å²) >= 11 is 6.22. The first-order chi connectivity index (χ1) is 13.3. The van der Waals surface area contributed by atoms with Crippen LogP contribution in [0.3, 0.4) is 0 Å². The molecule has 0 aliphatic carbocycles. The van der Waals surface area contributed by atoms with Gasteiger partial charge in [-0.2, -0.15) is 0 Å². The molecule has 2 aromatic carbocycles. The van der Waals surface area contributed by atoms with E-state index in [0.29, 0.717) is 22.8 Å². The third-order valence-electron chi connectivity index (χ3n) is 4.30. The van der Waals surface area contributed by atoms with Crippen molar-refractivity contribution in [2.45, 2.75) is 39.2 Å². The van der Waals surface area contributed by atoms with Crippen molar-refractivity contribution in [3.8, 4) is 5.75 Å². The molecule has 1 unspecified atom stereocenters. The summed E-state index contributed by atoms with van der Waals surface area (Å²) in [6, 6.07) is 12.2. The normalized spacial score (nSPS) is 11.6. The summed E-state index contributed by atoms with van der Waals surface area (Å²) in [6.45, 7) is 5.89. The molecule has 2 rings (SSSR count). The Morgan fingerprint density at radius 2 is 1.82 bits per heavy atom. The number of likely N-dealkylation sites (N-methyl/N-ethyl adjacent to an activating group) is 1. The molecular weight excluding hydrogens is 375 g/mol. The van der Waals surface area contributed by atoms with Crippen LogP contribution in [0.15, 0.2) is 42.5 Å². The molecule has 0 bridgehead atoms. The topological polar surface area (TPSA) is 67.4 Å². The maximum atomic E-state index is 12.7. The molecule has 0 aromatic heterocycles. The van der Waals surface area contributed by atoms with Gasteiger partial charge in [-0.15, -0.1) is 0 Å². The summed E-state index contributed by atoms with van der Waals surface area (Å²) < 4.78 is 5.59. The fourth-order valence-electron chi connectivity index (χ4n) is 2.76. The highest BCUT2D eigenvalue weighted by Gasteiger charge is 2.21. The van der Waals surface area contributed by atoms with Gasteiger partial charge in [0.15, 0.2) is 7.28 Å². The summed E-state index contributed by atoms with van der Waals surface area (Å²) in [6.07, 6.45) is 0.381. The number of benzene rings is 2. The fourth-order valence-corrected chi connectivity index (χ4v) is 2.99. The average Bonchev–Trinajstić information content (AvgIpc) is 2.68. The lowest BCUT2D eigenvalue weighted by Gasteiger charge is -2.18. The maximum Gasteiger partial charge on any atom is 0.251 e. The van der Waals surface area contributed by atoms with Gasteiger partial charge in [-0.1, -0.05) is 48.2 Å². The van der Waals surface area contributed by atoms with Crippen molar-refractivity contribution in [2.75, 3.05) is 7.05 Å². The van der Waals surface area contributed by atoms with Gasteiger partial charge in [0.2, 0.25) is 5.91 Å². The van der Waals surface area contributed by atoms with E-state index in [1.165, 1.54) is 5.46 Å². The van der Waals surface area contributed by atoms with Crippen LogP contribution in [0.25, 0.3) is 0 Å².